The molecule has 3 rings (SSSR count). The molecule has 0 spiro atoms. The van der Waals surface area contributed by atoms with Crippen LogP contribution in [0.2, 0.25) is 0 Å². The van der Waals surface area contributed by atoms with Gasteiger partial charge in [-0.25, -0.2) is 4.79 Å². The van der Waals surface area contributed by atoms with Gasteiger partial charge >= 0.3 is 5.97 Å². The summed E-state index contributed by atoms with van der Waals surface area (Å²) in [6.45, 7) is 1.70. The van der Waals surface area contributed by atoms with E-state index >= 15 is 0 Å². The number of carbonyl (C=O) groups excluding carboxylic acids is 2. The lowest BCUT2D eigenvalue weighted by atomic mass is 10.1. The Kier molecular flexibility index (Phi) is 7.69. The van der Waals surface area contributed by atoms with Crippen molar-refractivity contribution in [3.05, 3.63) is 71.5 Å². The Morgan fingerprint density at radius 1 is 0.970 bits per heavy atom. The summed E-state index contributed by atoms with van der Waals surface area (Å²) >= 11 is 0. The maximum atomic E-state index is 12.8. The van der Waals surface area contributed by atoms with Gasteiger partial charge in [0.15, 0.2) is 17.3 Å². The van der Waals surface area contributed by atoms with Gasteiger partial charge in [0.2, 0.25) is 6.10 Å². The van der Waals surface area contributed by atoms with Crippen molar-refractivity contribution in [2.75, 3.05) is 26.6 Å². The van der Waals surface area contributed by atoms with Gasteiger partial charge in [0, 0.05) is 29.3 Å². The van der Waals surface area contributed by atoms with E-state index in [0.29, 0.717) is 34.1 Å². The molecule has 0 radical (unpaired) electrons. The lowest BCUT2D eigenvalue weighted by Gasteiger charge is -2.16. The Labute approximate surface area is 190 Å². The normalized spacial score (nSPS) is 11.6. The average Bonchev–Trinajstić information content (AvgIpc) is 3.25. The minimum atomic E-state index is -1.20. The zero-order valence-electron chi connectivity index (χ0n) is 18.7. The van der Waals surface area contributed by atoms with Crippen LogP contribution < -0.4 is 19.5 Å². The second-order valence-corrected chi connectivity index (χ2v) is 6.82. The van der Waals surface area contributed by atoms with Gasteiger partial charge in [0.1, 0.15) is 11.5 Å². The van der Waals surface area contributed by atoms with Crippen LogP contribution in [0.25, 0.3) is 6.08 Å². The average molecular weight is 452 g/mol. The minimum absolute atomic E-state index is 0.222. The Morgan fingerprint density at radius 2 is 1.64 bits per heavy atom. The van der Waals surface area contributed by atoms with E-state index in [9.17, 15) is 9.59 Å². The Bertz CT molecular complexity index is 1140. The number of nitrogens with zero attached hydrogens (tertiary/aromatic N) is 1. The van der Waals surface area contributed by atoms with Gasteiger partial charge in [-0.3, -0.25) is 4.79 Å². The number of methoxy groups -OCH3 is 3. The molecular weight excluding hydrogens is 428 g/mol. The molecule has 0 saturated carbocycles. The summed E-state index contributed by atoms with van der Waals surface area (Å²) < 4.78 is 26.4. The van der Waals surface area contributed by atoms with Gasteiger partial charge in [-0.15, -0.1) is 0 Å². The maximum absolute atomic E-state index is 12.8. The van der Waals surface area contributed by atoms with Gasteiger partial charge in [-0.05, 0) is 19.1 Å². The molecule has 0 aliphatic rings. The topological polar surface area (TPSA) is 109 Å². The van der Waals surface area contributed by atoms with Gasteiger partial charge in [0.05, 0.1) is 21.3 Å². The quantitative estimate of drug-likeness (QED) is 0.384. The van der Waals surface area contributed by atoms with E-state index < -0.39 is 18.0 Å². The first-order valence-corrected chi connectivity index (χ1v) is 9.93. The highest BCUT2D eigenvalue weighted by atomic mass is 16.5. The number of hydrogen-bond donors (Lipinski definition) is 1. The number of aromatic nitrogens is 1. The molecule has 9 heteroatoms. The number of carbonyl (C=O) groups is 2. The summed E-state index contributed by atoms with van der Waals surface area (Å²) in [5.74, 6) is 0.877. The summed E-state index contributed by atoms with van der Waals surface area (Å²) in [4.78, 5) is 25.5. The molecule has 0 fully saturated rings. The summed E-state index contributed by atoms with van der Waals surface area (Å²) in [5.41, 5.74) is 1.06. The minimum Gasteiger partial charge on any atom is -0.496 e. The highest BCUT2D eigenvalue weighted by molar-refractivity contribution is 5.97. The van der Waals surface area contributed by atoms with Gasteiger partial charge in [-0.1, -0.05) is 35.5 Å². The van der Waals surface area contributed by atoms with Crippen molar-refractivity contribution < 1.29 is 33.1 Å². The smallest absolute Gasteiger partial charge is 0.331 e. The molecule has 3 aromatic rings. The number of ether oxygens (including phenoxy) is 4. The fourth-order valence-electron chi connectivity index (χ4n) is 3.01. The zero-order valence-corrected chi connectivity index (χ0v) is 18.7. The summed E-state index contributed by atoms with van der Waals surface area (Å²) in [6.07, 6.45) is 1.50. The van der Waals surface area contributed by atoms with Crippen molar-refractivity contribution >= 4 is 23.8 Å². The second-order valence-electron chi connectivity index (χ2n) is 6.82. The fourth-order valence-corrected chi connectivity index (χ4v) is 3.01. The SMILES string of the molecule is COc1cc(OC)c(OC)cc1/C=C/C(=O)OC(C(=O)Nc1cc(C)on1)c1ccccc1. The number of rotatable bonds is 9. The van der Waals surface area contributed by atoms with Crippen molar-refractivity contribution in [3.8, 4) is 17.2 Å². The molecule has 33 heavy (non-hydrogen) atoms. The van der Waals surface area contributed by atoms with Crippen LogP contribution >= 0.6 is 0 Å². The van der Waals surface area contributed by atoms with Crippen LogP contribution in [-0.4, -0.2) is 38.4 Å². The van der Waals surface area contributed by atoms with Crippen molar-refractivity contribution in [1.82, 2.24) is 5.16 Å². The van der Waals surface area contributed by atoms with Crippen LogP contribution in [0.4, 0.5) is 5.82 Å². The first-order chi connectivity index (χ1) is 15.9. The number of anilines is 1. The van der Waals surface area contributed by atoms with E-state index in [1.165, 1.54) is 33.5 Å². The third-order valence-electron chi connectivity index (χ3n) is 4.59. The molecule has 0 bridgehead atoms. The highest BCUT2D eigenvalue weighted by Crippen LogP contribution is 2.35. The first kappa shape index (κ1) is 23.4. The molecule has 172 valence electrons. The standard InChI is InChI=1S/C24H24N2O7/c1-15-12-21(26-33-15)25-24(28)23(16-8-6-5-7-9-16)32-22(27)11-10-17-13-19(30-3)20(31-4)14-18(17)29-2/h5-14,23H,1-4H3,(H,25,26,28)/b11-10+. The Hall–Kier alpha value is -4.27. The Morgan fingerprint density at radius 3 is 2.24 bits per heavy atom. The zero-order chi connectivity index (χ0) is 23.8. The molecule has 1 amide bonds. The monoisotopic (exact) mass is 452 g/mol. The molecule has 0 aliphatic carbocycles. The molecule has 0 saturated heterocycles. The Balaban J connectivity index is 1.81. The lowest BCUT2D eigenvalue weighted by molar-refractivity contribution is -0.149. The van der Waals surface area contributed by atoms with Crippen molar-refractivity contribution in [2.45, 2.75) is 13.0 Å². The first-order valence-electron chi connectivity index (χ1n) is 9.93. The fraction of sp³-hybridized carbons (Fsp3) is 0.208. The van der Waals surface area contributed by atoms with Crippen LogP contribution in [0.15, 0.2) is 59.1 Å². The van der Waals surface area contributed by atoms with Gasteiger partial charge in [-0.2, -0.15) is 0 Å². The molecule has 2 aromatic carbocycles. The highest BCUT2D eigenvalue weighted by Gasteiger charge is 2.25. The summed E-state index contributed by atoms with van der Waals surface area (Å²) in [5, 5.41) is 6.33. The molecule has 1 unspecified atom stereocenters. The predicted molar refractivity (Wildman–Crippen MR) is 120 cm³/mol. The number of aryl methyl sites for hydroxylation is 1. The molecule has 0 aliphatic heterocycles. The number of benzene rings is 2. The number of hydrogen-bond acceptors (Lipinski definition) is 8. The maximum Gasteiger partial charge on any atom is 0.331 e. The van der Waals surface area contributed by atoms with Crippen LogP contribution in [0, 0.1) is 6.92 Å². The number of nitrogens with one attached hydrogen (secondary N) is 1. The molecule has 1 atom stereocenters. The van der Waals surface area contributed by atoms with E-state index in [-0.39, 0.29) is 5.82 Å². The van der Waals surface area contributed by atoms with Crippen molar-refractivity contribution in [3.63, 3.8) is 0 Å². The van der Waals surface area contributed by atoms with Crippen molar-refractivity contribution in [2.24, 2.45) is 0 Å². The van der Waals surface area contributed by atoms with E-state index in [0.717, 1.165) is 0 Å². The van der Waals surface area contributed by atoms with Crippen LogP contribution in [0.1, 0.15) is 23.0 Å². The van der Waals surface area contributed by atoms with Crippen LogP contribution in [0.5, 0.6) is 17.2 Å². The summed E-state index contributed by atoms with van der Waals surface area (Å²) in [6, 6.07) is 13.5. The van der Waals surface area contributed by atoms with E-state index in [1.807, 2.05) is 0 Å². The summed E-state index contributed by atoms with van der Waals surface area (Å²) in [7, 11) is 4.52. The lowest BCUT2D eigenvalue weighted by Crippen LogP contribution is -2.25. The van der Waals surface area contributed by atoms with E-state index in [2.05, 4.69) is 10.5 Å². The predicted octanol–water partition coefficient (Wildman–Crippen LogP) is 3.95. The third-order valence-corrected chi connectivity index (χ3v) is 4.59. The van der Waals surface area contributed by atoms with Gasteiger partial charge < -0.3 is 28.8 Å². The van der Waals surface area contributed by atoms with Crippen LogP contribution in [0.3, 0.4) is 0 Å². The van der Waals surface area contributed by atoms with Crippen molar-refractivity contribution in [1.29, 1.82) is 0 Å². The molecular formula is C24H24N2O7. The second kappa shape index (κ2) is 10.9. The number of esters is 1. The van der Waals surface area contributed by atoms with Gasteiger partial charge in [0.25, 0.3) is 5.91 Å². The van der Waals surface area contributed by atoms with E-state index in [1.54, 1.807) is 55.5 Å². The van der Waals surface area contributed by atoms with E-state index in [4.69, 9.17) is 23.5 Å². The molecule has 1 heterocycles. The molecule has 9 nitrogen and oxygen atoms in total. The third kappa shape index (κ3) is 5.91. The molecule has 1 N–H and O–H groups in total. The molecule has 1 aromatic heterocycles. The number of amides is 1. The van der Waals surface area contributed by atoms with Crippen LogP contribution in [-0.2, 0) is 14.3 Å². The largest absolute Gasteiger partial charge is 0.496 e.